The Labute approximate surface area is 66.8 Å². The van der Waals surface area contributed by atoms with Crippen molar-refractivity contribution in [2.75, 3.05) is 6.61 Å². The largest absolute Gasteiger partial charge is 0.349 e. The summed E-state index contributed by atoms with van der Waals surface area (Å²) in [5.74, 6) is 0. The highest BCUT2D eigenvalue weighted by Gasteiger charge is 2.22. The zero-order chi connectivity index (χ0) is 6.69. The van der Waals surface area contributed by atoms with Gasteiger partial charge in [0.2, 0.25) is 0 Å². The maximum atomic E-state index is 9.91. The quantitative estimate of drug-likeness (QED) is 0.406. The number of carbonyl (C=O) groups is 1. The number of carbonyl (C=O) groups excluding carboxylic acids is 1. The number of rotatable bonds is 2. The summed E-state index contributed by atoms with van der Waals surface area (Å²) in [5, 5.41) is 0. The minimum absolute atomic E-state index is 0.118. The van der Waals surface area contributed by atoms with Crippen molar-refractivity contribution in [3.8, 4) is 0 Å². The van der Waals surface area contributed by atoms with Crippen LogP contribution in [-0.4, -0.2) is 23.3 Å². The lowest BCUT2D eigenvalue weighted by molar-refractivity contribution is -0.116. The third kappa shape index (κ3) is 2.19. The van der Waals surface area contributed by atoms with Crippen LogP contribution in [0, 0.1) is 0 Å². The lowest BCUT2D eigenvalue weighted by Gasteiger charge is -2.02. The van der Waals surface area contributed by atoms with Crippen molar-refractivity contribution in [2.45, 2.75) is 16.8 Å². The van der Waals surface area contributed by atoms with Gasteiger partial charge in [0, 0.05) is 0 Å². The van der Waals surface area contributed by atoms with Gasteiger partial charge in [-0.2, -0.15) is 0 Å². The molecule has 9 heavy (non-hydrogen) atoms. The predicted octanol–water partition coefficient (Wildman–Crippen LogP) is 0.709. The summed E-state index contributed by atoms with van der Waals surface area (Å²) in [4.78, 5) is 9.91. The molecule has 0 aromatic rings. The van der Waals surface area contributed by atoms with Gasteiger partial charge in [0.05, 0.1) is 13.0 Å². The number of ether oxygens (including phenoxy) is 2. The molecule has 0 amide bonds. The second kappa shape index (κ2) is 3.48. The summed E-state index contributed by atoms with van der Waals surface area (Å²) < 4.78 is 10.3. The summed E-state index contributed by atoms with van der Waals surface area (Å²) in [7, 11) is 0. The molecule has 1 aliphatic rings. The van der Waals surface area contributed by atoms with Crippen molar-refractivity contribution in [1.29, 1.82) is 0 Å². The smallest absolute Gasteiger partial charge is 0.165 e. The molecule has 1 aliphatic heterocycles. The number of hydrogen-bond acceptors (Lipinski definition) is 3. The van der Waals surface area contributed by atoms with Gasteiger partial charge in [-0.05, 0) is 22.6 Å². The first-order valence-corrected chi connectivity index (χ1v) is 3.92. The molecule has 1 heterocycles. The molecule has 0 aromatic heterocycles. The Morgan fingerprint density at radius 3 is 3.00 bits per heavy atom. The topological polar surface area (TPSA) is 35.5 Å². The van der Waals surface area contributed by atoms with Crippen LogP contribution >= 0.6 is 22.6 Å². The van der Waals surface area contributed by atoms with Gasteiger partial charge in [-0.3, -0.25) is 0 Å². The summed E-state index contributed by atoms with van der Waals surface area (Å²) in [6, 6.07) is 0. The van der Waals surface area contributed by atoms with Crippen molar-refractivity contribution in [2.24, 2.45) is 0 Å². The lowest BCUT2D eigenvalue weighted by Crippen LogP contribution is -2.08. The maximum Gasteiger partial charge on any atom is 0.165 e. The van der Waals surface area contributed by atoms with E-state index in [1.54, 1.807) is 0 Å². The van der Waals surface area contributed by atoms with Crippen LogP contribution in [0.4, 0.5) is 0 Å². The highest BCUT2D eigenvalue weighted by molar-refractivity contribution is 14.1. The van der Waals surface area contributed by atoms with E-state index in [1.807, 2.05) is 0 Å². The lowest BCUT2D eigenvalue weighted by atomic mass is 10.5. The Bertz CT molecular complexity index is 106. The molecule has 0 aliphatic carbocycles. The predicted molar refractivity (Wildman–Crippen MR) is 39.3 cm³/mol. The summed E-state index contributed by atoms with van der Waals surface area (Å²) >= 11 is 2.12. The summed E-state index contributed by atoms with van der Waals surface area (Å²) in [6.07, 6.45) is 0.864. The molecule has 52 valence electrons. The van der Waals surface area contributed by atoms with Crippen LogP contribution in [0.2, 0.25) is 0 Å². The molecule has 0 aromatic carbocycles. The normalized spacial score (nSPS) is 34.8. The van der Waals surface area contributed by atoms with Gasteiger partial charge in [0.15, 0.2) is 6.29 Å². The molecule has 0 saturated carbocycles. The van der Waals surface area contributed by atoms with Crippen molar-refractivity contribution in [1.82, 2.24) is 0 Å². The first-order valence-electron chi connectivity index (χ1n) is 2.67. The van der Waals surface area contributed by atoms with Crippen molar-refractivity contribution in [3.63, 3.8) is 0 Å². The van der Waals surface area contributed by atoms with Gasteiger partial charge in [0.1, 0.15) is 10.4 Å². The van der Waals surface area contributed by atoms with Crippen LogP contribution in [0.15, 0.2) is 0 Å². The Morgan fingerprint density at radius 1 is 1.78 bits per heavy atom. The van der Waals surface area contributed by atoms with E-state index < -0.39 is 0 Å². The molecule has 0 bridgehead atoms. The van der Waals surface area contributed by atoms with E-state index >= 15 is 0 Å². The second-order valence-electron chi connectivity index (χ2n) is 1.71. The third-order valence-corrected chi connectivity index (χ3v) is 1.65. The maximum absolute atomic E-state index is 9.91. The number of alkyl halides is 1. The third-order valence-electron chi connectivity index (χ3n) is 1.00. The zero-order valence-corrected chi connectivity index (χ0v) is 6.91. The van der Waals surface area contributed by atoms with Crippen LogP contribution < -0.4 is 0 Å². The monoisotopic (exact) mass is 242 g/mol. The Balaban J connectivity index is 2.21. The van der Waals surface area contributed by atoms with E-state index in [4.69, 9.17) is 9.47 Å². The second-order valence-corrected chi connectivity index (χ2v) is 3.10. The standard InChI is InChI=1S/C5H7IO3/c6-4-3-8-5(9-4)1-2-7/h2,4-5H,1,3H2. The zero-order valence-electron chi connectivity index (χ0n) is 4.75. The van der Waals surface area contributed by atoms with E-state index in [-0.39, 0.29) is 10.4 Å². The van der Waals surface area contributed by atoms with E-state index in [9.17, 15) is 4.79 Å². The highest BCUT2D eigenvalue weighted by Crippen LogP contribution is 2.17. The Hall–Kier alpha value is 0.320. The van der Waals surface area contributed by atoms with Crippen molar-refractivity contribution >= 4 is 28.9 Å². The number of hydrogen-bond donors (Lipinski definition) is 0. The fourth-order valence-electron chi connectivity index (χ4n) is 0.628. The van der Waals surface area contributed by atoms with Crippen LogP contribution in [0.5, 0.6) is 0 Å². The molecule has 0 spiro atoms. The number of aldehydes is 1. The average molecular weight is 242 g/mol. The fraction of sp³-hybridized carbons (Fsp3) is 0.800. The molecule has 1 saturated heterocycles. The fourth-order valence-corrected chi connectivity index (χ4v) is 1.16. The Morgan fingerprint density at radius 2 is 2.56 bits per heavy atom. The van der Waals surface area contributed by atoms with E-state index in [1.165, 1.54) is 0 Å². The van der Waals surface area contributed by atoms with Gasteiger partial charge in [-0.15, -0.1) is 0 Å². The van der Waals surface area contributed by atoms with Gasteiger partial charge < -0.3 is 14.3 Å². The van der Waals surface area contributed by atoms with E-state index in [0.717, 1.165) is 6.29 Å². The minimum atomic E-state index is -0.288. The van der Waals surface area contributed by atoms with E-state index in [2.05, 4.69) is 22.6 Å². The minimum Gasteiger partial charge on any atom is -0.349 e. The molecule has 2 atom stereocenters. The van der Waals surface area contributed by atoms with Crippen LogP contribution in [0.1, 0.15) is 6.42 Å². The average Bonchev–Trinajstić information content (AvgIpc) is 2.17. The van der Waals surface area contributed by atoms with Gasteiger partial charge in [0.25, 0.3) is 0 Å². The van der Waals surface area contributed by atoms with Crippen LogP contribution in [0.3, 0.4) is 0 Å². The first-order chi connectivity index (χ1) is 4.33. The molecule has 3 nitrogen and oxygen atoms in total. The van der Waals surface area contributed by atoms with Crippen LogP contribution in [-0.2, 0) is 14.3 Å². The molecule has 4 heteroatoms. The van der Waals surface area contributed by atoms with Gasteiger partial charge in [-0.1, -0.05) is 0 Å². The van der Waals surface area contributed by atoms with Gasteiger partial charge >= 0.3 is 0 Å². The number of halogens is 1. The molecular formula is C5H7IO3. The van der Waals surface area contributed by atoms with Gasteiger partial charge in [-0.25, -0.2) is 0 Å². The van der Waals surface area contributed by atoms with Crippen molar-refractivity contribution < 1.29 is 14.3 Å². The highest BCUT2D eigenvalue weighted by atomic mass is 127. The molecule has 1 fully saturated rings. The first kappa shape index (κ1) is 7.43. The summed E-state index contributed by atoms with van der Waals surface area (Å²) in [5.41, 5.74) is 0. The molecule has 1 rings (SSSR count). The molecule has 2 unspecified atom stereocenters. The summed E-state index contributed by atoms with van der Waals surface area (Å²) in [6.45, 7) is 0.596. The molecular weight excluding hydrogens is 235 g/mol. The SMILES string of the molecule is O=CCC1OCC(I)O1. The molecule has 0 N–H and O–H groups in total. The molecule has 0 radical (unpaired) electrons. The van der Waals surface area contributed by atoms with E-state index in [0.29, 0.717) is 13.0 Å². The van der Waals surface area contributed by atoms with Crippen LogP contribution in [0.25, 0.3) is 0 Å². The Kier molecular flexibility index (Phi) is 2.87. The van der Waals surface area contributed by atoms with Crippen molar-refractivity contribution in [3.05, 3.63) is 0 Å².